The Bertz CT molecular complexity index is 467. The molecule has 2 amide bonds. The third kappa shape index (κ3) is 15.5. The van der Waals surface area contributed by atoms with Crippen LogP contribution in [0, 0.1) is 0 Å². The lowest BCUT2D eigenvalue weighted by molar-refractivity contribution is -0.136. The average Bonchev–Trinajstić information content (AvgIpc) is 2.65. The molecule has 3 N–H and O–H groups in total. The van der Waals surface area contributed by atoms with Crippen LogP contribution in [-0.2, 0) is 23.8 Å². The van der Waals surface area contributed by atoms with Gasteiger partial charge in [0.25, 0.3) is 0 Å². The number of nitrogens with one attached hydrogen (secondary N) is 3. The van der Waals surface area contributed by atoms with E-state index in [0.717, 1.165) is 6.54 Å². The van der Waals surface area contributed by atoms with Crippen molar-refractivity contribution >= 4 is 24.4 Å². The summed E-state index contributed by atoms with van der Waals surface area (Å²) in [6.07, 6.45) is -1.47. The smallest absolute Gasteiger partial charge is 0.246 e. The molecule has 2 unspecified atom stereocenters. The molecule has 0 fully saturated rings. The van der Waals surface area contributed by atoms with Crippen molar-refractivity contribution in [2.24, 2.45) is 0 Å². The number of rotatable bonds is 17. The van der Waals surface area contributed by atoms with Crippen LogP contribution in [0.1, 0.15) is 34.6 Å². The molecule has 0 heterocycles. The van der Waals surface area contributed by atoms with E-state index in [9.17, 15) is 14.0 Å². The van der Waals surface area contributed by atoms with Crippen molar-refractivity contribution in [3.8, 4) is 0 Å². The minimum absolute atomic E-state index is 0.207. The van der Waals surface area contributed by atoms with Crippen LogP contribution in [0.5, 0.6) is 0 Å². The zero-order valence-corrected chi connectivity index (χ0v) is 19.1. The molecule has 8 nitrogen and oxygen atoms in total. The number of ether oxygens (including phenoxy) is 3. The maximum atomic E-state index is 14.3. The van der Waals surface area contributed by atoms with Crippen molar-refractivity contribution in [1.82, 2.24) is 16.0 Å². The summed E-state index contributed by atoms with van der Waals surface area (Å²) in [4.78, 5) is 23.2. The standard InChI is InChI=1S/C19H38FN3O5S/c1-14(2)21-6-8-26-10-11-27-9-7-22-17(24)13-28-19(4,5)16(20)12-23-18(25)15(3)29/h14-16,21,29H,6-13H2,1-5H3,(H,22,24)(H,23,25). The summed E-state index contributed by atoms with van der Waals surface area (Å²) in [6.45, 7) is 11.3. The Balaban J connectivity index is 3.75. The van der Waals surface area contributed by atoms with Crippen LogP contribution in [-0.4, -0.2) is 87.5 Å². The van der Waals surface area contributed by atoms with E-state index >= 15 is 0 Å². The van der Waals surface area contributed by atoms with Crippen molar-refractivity contribution in [1.29, 1.82) is 0 Å². The topological polar surface area (TPSA) is 97.9 Å². The van der Waals surface area contributed by atoms with Crippen LogP contribution in [0.4, 0.5) is 4.39 Å². The Hall–Kier alpha value is -0.940. The van der Waals surface area contributed by atoms with Gasteiger partial charge in [0.1, 0.15) is 12.8 Å². The maximum absolute atomic E-state index is 14.3. The maximum Gasteiger partial charge on any atom is 0.246 e. The van der Waals surface area contributed by atoms with Gasteiger partial charge in [0, 0.05) is 19.1 Å². The predicted octanol–water partition coefficient (Wildman–Crippen LogP) is 0.702. The molecule has 0 aliphatic rings. The van der Waals surface area contributed by atoms with E-state index in [1.165, 1.54) is 13.8 Å². The fourth-order valence-electron chi connectivity index (χ4n) is 1.98. The van der Waals surface area contributed by atoms with Crippen LogP contribution in [0.25, 0.3) is 0 Å². The fraction of sp³-hybridized carbons (Fsp3) is 0.895. The van der Waals surface area contributed by atoms with Gasteiger partial charge in [0.05, 0.1) is 43.8 Å². The van der Waals surface area contributed by atoms with Gasteiger partial charge in [-0.05, 0) is 20.8 Å². The Morgan fingerprint density at radius 3 is 2.14 bits per heavy atom. The first-order chi connectivity index (χ1) is 13.6. The van der Waals surface area contributed by atoms with E-state index in [1.807, 2.05) is 0 Å². The Labute approximate surface area is 179 Å². The van der Waals surface area contributed by atoms with E-state index in [2.05, 4.69) is 42.4 Å². The van der Waals surface area contributed by atoms with Crippen molar-refractivity contribution in [2.75, 3.05) is 52.7 Å². The average molecular weight is 440 g/mol. The quantitative estimate of drug-likeness (QED) is 0.197. The first-order valence-electron chi connectivity index (χ1n) is 9.95. The second kappa shape index (κ2) is 15.8. The number of carbonyl (C=O) groups excluding carboxylic acids is 2. The first kappa shape index (κ1) is 28.1. The van der Waals surface area contributed by atoms with Gasteiger partial charge in [-0.3, -0.25) is 9.59 Å². The highest BCUT2D eigenvalue weighted by atomic mass is 32.1. The molecule has 0 saturated carbocycles. The molecule has 29 heavy (non-hydrogen) atoms. The molecule has 0 aromatic heterocycles. The molecule has 0 aliphatic carbocycles. The number of amides is 2. The van der Waals surface area contributed by atoms with Crippen molar-refractivity contribution < 1.29 is 28.2 Å². The molecular weight excluding hydrogens is 401 g/mol. The van der Waals surface area contributed by atoms with Crippen LogP contribution < -0.4 is 16.0 Å². The second-order valence-corrected chi connectivity index (χ2v) is 8.24. The summed E-state index contributed by atoms with van der Waals surface area (Å²) in [7, 11) is 0. The summed E-state index contributed by atoms with van der Waals surface area (Å²) in [5.74, 6) is -0.722. The molecule has 0 aromatic rings. The van der Waals surface area contributed by atoms with Crippen LogP contribution >= 0.6 is 12.6 Å². The SMILES string of the molecule is CC(C)NCCOCCOCCNC(=O)COC(C)(C)C(F)CNC(=O)C(C)S. The lowest BCUT2D eigenvalue weighted by atomic mass is 10.0. The molecule has 0 radical (unpaired) electrons. The molecule has 172 valence electrons. The summed E-state index contributed by atoms with van der Waals surface area (Å²) < 4.78 is 30.4. The monoisotopic (exact) mass is 439 g/mol. The minimum Gasteiger partial charge on any atom is -0.378 e. The van der Waals surface area contributed by atoms with Gasteiger partial charge >= 0.3 is 0 Å². The summed E-state index contributed by atoms with van der Waals surface area (Å²) >= 11 is 3.98. The van der Waals surface area contributed by atoms with Gasteiger partial charge in [0.2, 0.25) is 11.8 Å². The largest absolute Gasteiger partial charge is 0.378 e. The minimum atomic E-state index is -1.47. The molecule has 0 saturated heterocycles. The zero-order chi connectivity index (χ0) is 22.3. The lowest BCUT2D eigenvalue weighted by Crippen LogP contribution is -2.46. The van der Waals surface area contributed by atoms with E-state index in [1.54, 1.807) is 6.92 Å². The lowest BCUT2D eigenvalue weighted by Gasteiger charge is -2.29. The van der Waals surface area contributed by atoms with Gasteiger partial charge < -0.3 is 30.2 Å². The molecule has 0 spiro atoms. The van der Waals surface area contributed by atoms with E-state index < -0.39 is 17.0 Å². The Kier molecular flexibility index (Phi) is 15.3. The van der Waals surface area contributed by atoms with E-state index in [4.69, 9.17) is 14.2 Å². The van der Waals surface area contributed by atoms with Gasteiger partial charge in [-0.2, -0.15) is 12.6 Å². The molecule has 2 atom stereocenters. The van der Waals surface area contributed by atoms with Gasteiger partial charge in [-0.1, -0.05) is 13.8 Å². The van der Waals surface area contributed by atoms with Crippen LogP contribution in [0.15, 0.2) is 0 Å². The highest BCUT2D eigenvalue weighted by Gasteiger charge is 2.31. The van der Waals surface area contributed by atoms with Crippen LogP contribution in [0.2, 0.25) is 0 Å². The molecule has 0 bridgehead atoms. The van der Waals surface area contributed by atoms with Gasteiger partial charge in [0.15, 0.2) is 0 Å². The summed E-state index contributed by atoms with van der Waals surface area (Å²) in [5, 5.41) is 7.81. The number of halogens is 1. The van der Waals surface area contributed by atoms with Gasteiger partial charge in [-0.25, -0.2) is 4.39 Å². The number of hydrogen-bond acceptors (Lipinski definition) is 7. The fourth-order valence-corrected chi connectivity index (χ4v) is 2.07. The molecule has 0 aliphatic heterocycles. The van der Waals surface area contributed by atoms with Crippen molar-refractivity contribution in [3.05, 3.63) is 0 Å². The Morgan fingerprint density at radius 2 is 1.59 bits per heavy atom. The summed E-state index contributed by atoms with van der Waals surface area (Å²) in [5.41, 5.74) is -1.22. The highest BCUT2D eigenvalue weighted by Crippen LogP contribution is 2.17. The molecular formula is C19H38FN3O5S. The van der Waals surface area contributed by atoms with Crippen molar-refractivity contribution in [2.45, 2.75) is 57.7 Å². The summed E-state index contributed by atoms with van der Waals surface area (Å²) in [6, 6.07) is 0.437. The predicted molar refractivity (Wildman–Crippen MR) is 114 cm³/mol. The third-order valence-corrected chi connectivity index (χ3v) is 4.14. The number of hydrogen-bond donors (Lipinski definition) is 4. The number of alkyl halides is 1. The van der Waals surface area contributed by atoms with E-state index in [0.29, 0.717) is 39.0 Å². The third-order valence-electron chi connectivity index (χ3n) is 3.90. The molecule has 0 rings (SSSR count). The number of thiol groups is 1. The zero-order valence-electron chi connectivity index (χ0n) is 18.3. The van der Waals surface area contributed by atoms with E-state index in [-0.39, 0.29) is 25.0 Å². The van der Waals surface area contributed by atoms with Crippen molar-refractivity contribution in [3.63, 3.8) is 0 Å². The van der Waals surface area contributed by atoms with Gasteiger partial charge in [-0.15, -0.1) is 0 Å². The molecule has 0 aromatic carbocycles. The van der Waals surface area contributed by atoms with Crippen LogP contribution in [0.3, 0.4) is 0 Å². The molecule has 10 heteroatoms. The normalized spacial score (nSPS) is 13.9. The Morgan fingerprint density at radius 1 is 1.00 bits per heavy atom. The second-order valence-electron chi connectivity index (χ2n) is 7.46. The first-order valence-corrected chi connectivity index (χ1v) is 10.5. The highest BCUT2D eigenvalue weighted by molar-refractivity contribution is 7.81. The number of carbonyl (C=O) groups is 2.